The minimum atomic E-state index is 0.740. The minimum Gasteiger partial charge on any atom is -0.308 e. The largest absolute Gasteiger partial charge is 0.308 e. The lowest BCUT2D eigenvalue weighted by Gasteiger charge is -2.10. The van der Waals surface area contributed by atoms with Crippen LogP contribution in [0.5, 0.6) is 0 Å². The second kappa shape index (κ2) is 8.13. The van der Waals surface area contributed by atoms with Gasteiger partial charge in [-0.3, -0.25) is 0 Å². The second-order valence-corrected chi connectivity index (χ2v) is 10.4. The van der Waals surface area contributed by atoms with Crippen molar-refractivity contribution in [1.29, 1.82) is 0 Å². The van der Waals surface area contributed by atoms with Crippen molar-refractivity contribution in [2.45, 2.75) is 0 Å². The Hall–Kier alpha value is -4.24. The van der Waals surface area contributed by atoms with Crippen LogP contribution >= 0.6 is 23.2 Å². The Morgan fingerprint density at radius 2 is 0.789 bits per heavy atom. The average molecular weight is 527 g/mol. The Morgan fingerprint density at radius 3 is 1.21 bits per heavy atom. The zero-order valence-electron chi connectivity index (χ0n) is 20.2. The summed E-state index contributed by atoms with van der Waals surface area (Å²) in [6, 6.07) is 42.2. The first-order valence-electron chi connectivity index (χ1n) is 12.6. The van der Waals surface area contributed by atoms with E-state index in [4.69, 9.17) is 23.2 Å². The predicted molar refractivity (Wildman–Crippen MR) is 163 cm³/mol. The molecule has 4 heteroatoms. The van der Waals surface area contributed by atoms with E-state index >= 15 is 0 Å². The first-order valence-corrected chi connectivity index (χ1v) is 13.4. The Bertz CT molecular complexity index is 2030. The lowest BCUT2D eigenvalue weighted by atomic mass is 9.99. The van der Waals surface area contributed by atoms with Crippen molar-refractivity contribution in [2.75, 3.05) is 0 Å². The maximum absolute atomic E-state index is 6.86. The number of rotatable bonds is 2. The number of benzene rings is 6. The maximum Gasteiger partial charge on any atom is 0.0727 e. The lowest BCUT2D eigenvalue weighted by Crippen LogP contribution is -1.94. The van der Waals surface area contributed by atoms with Crippen LogP contribution in [0, 0.1) is 0 Å². The smallest absolute Gasteiger partial charge is 0.0727 e. The molecule has 180 valence electrons. The van der Waals surface area contributed by atoms with Crippen LogP contribution in [-0.4, -0.2) is 9.13 Å². The van der Waals surface area contributed by atoms with Crippen LogP contribution in [0.4, 0.5) is 0 Å². The number of nitrogens with zero attached hydrogens (tertiary/aromatic N) is 2. The van der Waals surface area contributed by atoms with Crippen LogP contribution in [0.15, 0.2) is 121 Å². The van der Waals surface area contributed by atoms with Crippen molar-refractivity contribution < 1.29 is 0 Å². The van der Waals surface area contributed by atoms with Gasteiger partial charge in [0, 0.05) is 32.9 Å². The standard InChI is InChI=1S/C34H20Cl2N2/c35-27-15-7-13-25-31-23-18-20-30-32(24(23)17-19-29(31)37(33(25)27)21-9-3-1-4-10-21)26-14-8-16-28(36)34(26)38(30)22-11-5-2-6-12-22/h1-20H. The fourth-order valence-electron chi connectivity index (χ4n) is 6.14. The Kier molecular flexibility index (Phi) is 4.66. The SMILES string of the molecule is Clc1cccc2c3c4ccc5c(c4ccc3n(-c3ccccc3)c12)c1cccc(Cl)c1n5-c1ccccc1. The van der Waals surface area contributed by atoms with E-state index < -0.39 is 0 Å². The van der Waals surface area contributed by atoms with Crippen molar-refractivity contribution >= 4 is 77.6 Å². The second-order valence-electron chi connectivity index (χ2n) is 9.63. The van der Waals surface area contributed by atoms with Crippen LogP contribution in [-0.2, 0) is 0 Å². The van der Waals surface area contributed by atoms with Crippen LogP contribution in [0.2, 0.25) is 10.0 Å². The minimum absolute atomic E-state index is 0.740. The third-order valence-corrected chi connectivity index (χ3v) is 8.24. The maximum atomic E-state index is 6.86. The molecule has 0 amide bonds. The van der Waals surface area contributed by atoms with Gasteiger partial charge in [0.25, 0.3) is 0 Å². The number of hydrogen-bond acceptors (Lipinski definition) is 0. The van der Waals surface area contributed by atoms with Gasteiger partial charge in [0.2, 0.25) is 0 Å². The monoisotopic (exact) mass is 526 g/mol. The molecule has 0 fully saturated rings. The van der Waals surface area contributed by atoms with Gasteiger partial charge in [-0.2, -0.15) is 0 Å². The molecule has 0 unspecified atom stereocenters. The van der Waals surface area contributed by atoms with Crippen molar-refractivity contribution in [2.24, 2.45) is 0 Å². The summed E-state index contributed by atoms with van der Waals surface area (Å²) in [5.74, 6) is 0. The summed E-state index contributed by atoms with van der Waals surface area (Å²) >= 11 is 13.7. The molecule has 0 saturated heterocycles. The summed E-state index contributed by atoms with van der Waals surface area (Å²) in [6.45, 7) is 0. The van der Waals surface area contributed by atoms with Gasteiger partial charge in [-0.15, -0.1) is 0 Å². The molecule has 2 heterocycles. The number of aromatic nitrogens is 2. The third kappa shape index (κ3) is 2.90. The quantitative estimate of drug-likeness (QED) is 0.212. The summed E-state index contributed by atoms with van der Waals surface area (Å²) in [4.78, 5) is 0. The van der Waals surface area contributed by atoms with Crippen molar-refractivity contribution in [3.8, 4) is 11.4 Å². The molecule has 0 N–H and O–H groups in total. The molecule has 8 aromatic rings. The van der Waals surface area contributed by atoms with E-state index in [2.05, 4.69) is 94.1 Å². The summed E-state index contributed by atoms with van der Waals surface area (Å²) in [5.41, 5.74) is 6.50. The van der Waals surface area contributed by atoms with E-state index in [-0.39, 0.29) is 0 Å². The molecule has 0 spiro atoms. The topological polar surface area (TPSA) is 9.86 Å². The molecular formula is C34H20Cl2N2. The highest BCUT2D eigenvalue weighted by Crippen LogP contribution is 2.44. The number of para-hydroxylation sites is 4. The van der Waals surface area contributed by atoms with Crippen molar-refractivity contribution in [1.82, 2.24) is 9.13 Å². The highest BCUT2D eigenvalue weighted by molar-refractivity contribution is 6.39. The molecule has 6 aromatic carbocycles. The molecule has 0 aliphatic carbocycles. The molecule has 0 aliphatic rings. The Balaban J connectivity index is 1.59. The summed E-state index contributed by atoms with van der Waals surface area (Å²) < 4.78 is 4.56. The van der Waals surface area contributed by atoms with E-state index in [9.17, 15) is 0 Å². The number of hydrogen-bond donors (Lipinski definition) is 0. The molecule has 0 radical (unpaired) electrons. The van der Waals surface area contributed by atoms with E-state index in [1.165, 1.54) is 21.5 Å². The molecule has 38 heavy (non-hydrogen) atoms. The van der Waals surface area contributed by atoms with E-state index in [0.717, 1.165) is 54.3 Å². The molecule has 2 aromatic heterocycles. The van der Waals surface area contributed by atoms with Gasteiger partial charge in [-0.1, -0.05) is 96.0 Å². The molecule has 0 bridgehead atoms. The fraction of sp³-hybridized carbons (Fsp3) is 0. The van der Waals surface area contributed by atoms with Gasteiger partial charge in [-0.25, -0.2) is 0 Å². The first-order chi connectivity index (χ1) is 18.7. The molecule has 0 saturated carbocycles. The Morgan fingerprint density at radius 1 is 0.368 bits per heavy atom. The average Bonchev–Trinajstić information content (AvgIpc) is 3.49. The highest BCUT2D eigenvalue weighted by atomic mass is 35.5. The van der Waals surface area contributed by atoms with Crippen LogP contribution in [0.1, 0.15) is 0 Å². The first kappa shape index (κ1) is 21.8. The normalized spacial score (nSPS) is 11.9. The molecule has 0 aliphatic heterocycles. The summed E-state index contributed by atoms with van der Waals surface area (Å²) in [6.07, 6.45) is 0. The van der Waals surface area contributed by atoms with Gasteiger partial charge in [0.15, 0.2) is 0 Å². The summed E-state index contributed by atoms with van der Waals surface area (Å²) in [5, 5.41) is 8.57. The highest BCUT2D eigenvalue weighted by Gasteiger charge is 2.21. The van der Waals surface area contributed by atoms with Gasteiger partial charge >= 0.3 is 0 Å². The lowest BCUT2D eigenvalue weighted by molar-refractivity contribution is 1.18. The molecule has 0 atom stereocenters. The van der Waals surface area contributed by atoms with E-state index in [1.807, 2.05) is 36.4 Å². The van der Waals surface area contributed by atoms with E-state index in [1.54, 1.807) is 0 Å². The van der Waals surface area contributed by atoms with Gasteiger partial charge in [0.05, 0.1) is 32.1 Å². The third-order valence-electron chi connectivity index (χ3n) is 7.63. The fourth-order valence-corrected chi connectivity index (χ4v) is 6.66. The number of halogens is 2. The zero-order valence-corrected chi connectivity index (χ0v) is 21.7. The van der Waals surface area contributed by atoms with Crippen LogP contribution in [0.25, 0.3) is 65.8 Å². The van der Waals surface area contributed by atoms with E-state index in [0.29, 0.717) is 0 Å². The molecular weight excluding hydrogens is 507 g/mol. The molecule has 8 rings (SSSR count). The number of fused-ring (bicyclic) bond motifs is 9. The van der Waals surface area contributed by atoms with Gasteiger partial charge in [-0.05, 0) is 59.3 Å². The zero-order chi connectivity index (χ0) is 25.4. The van der Waals surface area contributed by atoms with Crippen molar-refractivity contribution in [3.05, 3.63) is 131 Å². The van der Waals surface area contributed by atoms with Crippen LogP contribution < -0.4 is 0 Å². The van der Waals surface area contributed by atoms with Gasteiger partial charge in [0.1, 0.15) is 0 Å². The predicted octanol–water partition coefficient (Wildman–Crippen LogP) is 10.3. The van der Waals surface area contributed by atoms with Crippen molar-refractivity contribution in [3.63, 3.8) is 0 Å². The van der Waals surface area contributed by atoms with Gasteiger partial charge < -0.3 is 9.13 Å². The summed E-state index contributed by atoms with van der Waals surface area (Å²) in [7, 11) is 0. The Labute approximate surface area is 228 Å². The van der Waals surface area contributed by atoms with Crippen LogP contribution in [0.3, 0.4) is 0 Å². The molecule has 2 nitrogen and oxygen atoms in total.